The van der Waals surface area contributed by atoms with E-state index in [0.29, 0.717) is 16.7 Å². The number of anilines is 1. The summed E-state index contributed by atoms with van der Waals surface area (Å²) in [4.78, 5) is 16.3. The van der Waals surface area contributed by atoms with E-state index in [2.05, 4.69) is 14.7 Å². The highest BCUT2D eigenvalue weighted by Crippen LogP contribution is 2.21. The maximum atomic E-state index is 12.0. The first kappa shape index (κ1) is 16.1. The Kier molecular flexibility index (Phi) is 4.86. The fourth-order valence-corrected chi connectivity index (χ4v) is 2.69. The number of carbonyl (C=O) groups is 1. The van der Waals surface area contributed by atoms with Crippen molar-refractivity contribution >= 4 is 22.6 Å². The third-order valence-corrected chi connectivity index (χ3v) is 4.18. The van der Waals surface area contributed by atoms with E-state index in [1.807, 2.05) is 62.4 Å². The molecule has 0 atom stereocenters. The lowest BCUT2D eigenvalue weighted by Gasteiger charge is -2.07. The Morgan fingerprint density at radius 1 is 1.12 bits per heavy atom. The normalized spacial score (nSPS) is 10.4. The summed E-state index contributed by atoms with van der Waals surface area (Å²) in [5.74, 6) is 1.02. The summed E-state index contributed by atoms with van der Waals surface area (Å²) in [6.45, 7) is 3.98. The first-order chi connectivity index (χ1) is 11.6. The highest BCUT2D eigenvalue weighted by atomic mass is 32.1. The summed E-state index contributed by atoms with van der Waals surface area (Å²) in [5, 5.41) is 3.17. The molecule has 1 aromatic heterocycles. The summed E-state index contributed by atoms with van der Waals surface area (Å²) in [5.41, 5.74) is 3.24. The summed E-state index contributed by atoms with van der Waals surface area (Å²) >= 11 is 1.15. The van der Waals surface area contributed by atoms with Gasteiger partial charge < -0.3 is 4.74 Å². The number of aryl methyl sites for hydroxylation is 2. The van der Waals surface area contributed by atoms with Gasteiger partial charge in [-0.2, -0.15) is 9.36 Å². The van der Waals surface area contributed by atoms with Gasteiger partial charge in [0.15, 0.2) is 12.4 Å². The second kappa shape index (κ2) is 7.23. The van der Waals surface area contributed by atoms with E-state index in [1.54, 1.807) is 0 Å². The van der Waals surface area contributed by atoms with Crippen molar-refractivity contribution in [2.24, 2.45) is 0 Å². The van der Waals surface area contributed by atoms with Gasteiger partial charge in [-0.1, -0.05) is 36.4 Å². The molecule has 0 aliphatic rings. The molecule has 5 nitrogen and oxygen atoms in total. The SMILES string of the molecule is Cc1ccc(OCC(=O)Nc2nc(-c3ccccc3)ns2)cc1C. The van der Waals surface area contributed by atoms with Crippen LogP contribution >= 0.6 is 11.5 Å². The topological polar surface area (TPSA) is 64.1 Å². The molecule has 0 spiro atoms. The van der Waals surface area contributed by atoms with E-state index >= 15 is 0 Å². The molecule has 3 rings (SSSR count). The van der Waals surface area contributed by atoms with Gasteiger partial charge in [0.2, 0.25) is 5.13 Å². The van der Waals surface area contributed by atoms with Gasteiger partial charge >= 0.3 is 0 Å². The smallest absolute Gasteiger partial charge is 0.264 e. The number of aromatic nitrogens is 2. The van der Waals surface area contributed by atoms with Gasteiger partial charge in [0.1, 0.15) is 5.75 Å². The maximum Gasteiger partial charge on any atom is 0.264 e. The Morgan fingerprint density at radius 3 is 2.67 bits per heavy atom. The van der Waals surface area contributed by atoms with Crippen LogP contribution in [0.3, 0.4) is 0 Å². The van der Waals surface area contributed by atoms with Gasteiger partial charge in [0.05, 0.1) is 0 Å². The molecule has 6 heteroatoms. The summed E-state index contributed by atoms with van der Waals surface area (Å²) < 4.78 is 9.77. The van der Waals surface area contributed by atoms with Gasteiger partial charge in [-0.3, -0.25) is 10.1 Å². The molecule has 3 aromatic rings. The van der Waals surface area contributed by atoms with E-state index in [9.17, 15) is 4.79 Å². The molecule has 24 heavy (non-hydrogen) atoms. The number of carbonyl (C=O) groups excluding carboxylic acids is 1. The van der Waals surface area contributed by atoms with Crippen LogP contribution in [0, 0.1) is 13.8 Å². The van der Waals surface area contributed by atoms with Crippen LogP contribution in [0.1, 0.15) is 11.1 Å². The lowest BCUT2D eigenvalue weighted by Crippen LogP contribution is -2.20. The Labute approximate surface area is 144 Å². The monoisotopic (exact) mass is 339 g/mol. The molecular weight excluding hydrogens is 322 g/mol. The molecule has 122 valence electrons. The zero-order chi connectivity index (χ0) is 16.9. The van der Waals surface area contributed by atoms with Crippen LogP contribution in [0.5, 0.6) is 5.75 Å². The van der Waals surface area contributed by atoms with E-state index in [-0.39, 0.29) is 12.5 Å². The third-order valence-electron chi connectivity index (χ3n) is 3.55. The number of rotatable bonds is 5. The average molecular weight is 339 g/mol. The van der Waals surface area contributed by atoms with Gasteiger partial charge in [0, 0.05) is 17.1 Å². The van der Waals surface area contributed by atoms with Crippen LogP contribution in [-0.4, -0.2) is 21.9 Å². The quantitative estimate of drug-likeness (QED) is 0.767. The Bertz CT molecular complexity index is 846. The fourth-order valence-electron chi connectivity index (χ4n) is 2.09. The molecule has 1 amide bonds. The minimum Gasteiger partial charge on any atom is -0.484 e. The zero-order valence-electron chi connectivity index (χ0n) is 13.4. The number of hydrogen-bond acceptors (Lipinski definition) is 5. The lowest BCUT2D eigenvalue weighted by atomic mass is 10.1. The molecule has 0 bridgehead atoms. The molecule has 0 fully saturated rings. The van der Waals surface area contributed by atoms with Crippen molar-refractivity contribution in [3.8, 4) is 17.1 Å². The second-order valence-electron chi connectivity index (χ2n) is 5.37. The predicted molar refractivity (Wildman–Crippen MR) is 95.4 cm³/mol. The number of ether oxygens (including phenoxy) is 1. The molecule has 2 aromatic carbocycles. The zero-order valence-corrected chi connectivity index (χ0v) is 14.3. The van der Waals surface area contributed by atoms with Crippen LogP contribution in [0.25, 0.3) is 11.4 Å². The van der Waals surface area contributed by atoms with E-state index in [1.165, 1.54) is 5.56 Å². The van der Waals surface area contributed by atoms with Gasteiger partial charge in [-0.25, -0.2) is 0 Å². The molecular formula is C18H17N3O2S. The molecule has 1 N–H and O–H groups in total. The highest BCUT2D eigenvalue weighted by Gasteiger charge is 2.10. The first-order valence-corrected chi connectivity index (χ1v) is 8.28. The molecule has 0 saturated heterocycles. The Morgan fingerprint density at radius 2 is 1.92 bits per heavy atom. The number of benzene rings is 2. The minimum absolute atomic E-state index is 0.0667. The van der Waals surface area contributed by atoms with Crippen LogP contribution in [0.15, 0.2) is 48.5 Å². The predicted octanol–water partition coefficient (Wildman–Crippen LogP) is 3.84. The minimum atomic E-state index is -0.260. The number of hydrogen-bond donors (Lipinski definition) is 1. The molecule has 0 saturated carbocycles. The summed E-state index contributed by atoms with van der Waals surface area (Å²) in [7, 11) is 0. The summed E-state index contributed by atoms with van der Waals surface area (Å²) in [6, 6.07) is 15.4. The molecule has 1 heterocycles. The third kappa shape index (κ3) is 3.97. The van der Waals surface area contributed by atoms with Crippen molar-refractivity contribution in [3.05, 3.63) is 59.7 Å². The maximum absolute atomic E-state index is 12.0. The highest BCUT2D eigenvalue weighted by molar-refractivity contribution is 7.10. The number of nitrogens with one attached hydrogen (secondary N) is 1. The van der Waals surface area contributed by atoms with Gasteiger partial charge in [-0.05, 0) is 37.1 Å². The van der Waals surface area contributed by atoms with Crippen molar-refractivity contribution in [2.75, 3.05) is 11.9 Å². The van der Waals surface area contributed by atoms with Crippen molar-refractivity contribution in [1.82, 2.24) is 9.36 Å². The Hall–Kier alpha value is -2.73. The van der Waals surface area contributed by atoms with Gasteiger partial charge in [-0.15, -0.1) is 0 Å². The summed E-state index contributed by atoms with van der Waals surface area (Å²) in [6.07, 6.45) is 0. The van der Waals surface area contributed by atoms with Crippen LogP contribution < -0.4 is 10.1 Å². The van der Waals surface area contributed by atoms with Crippen LogP contribution in [0.4, 0.5) is 5.13 Å². The lowest BCUT2D eigenvalue weighted by molar-refractivity contribution is -0.118. The second-order valence-corrected chi connectivity index (χ2v) is 6.12. The van der Waals surface area contributed by atoms with Crippen LogP contribution in [0.2, 0.25) is 0 Å². The van der Waals surface area contributed by atoms with E-state index in [0.717, 1.165) is 22.7 Å². The van der Waals surface area contributed by atoms with Crippen molar-refractivity contribution < 1.29 is 9.53 Å². The van der Waals surface area contributed by atoms with Crippen molar-refractivity contribution in [3.63, 3.8) is 0 Å². The van der Waals surface area contributed by atoms with E-state index < -0.39 is 0 Å². The van der Waals surface area contributed by atoms with Crippen molar-refractivity contribution in [2.45, 2.75) is 13.8 Å². The average Bonchev–Trinajstić information content (AvgIpc) is 3.05. The standard InChI is InChI=1S/C18H17N3O2S/c1-12-8-9-15(10-13(12)2)23-11-16(22)19-18-20-17(21-24-18)14-6-4-3-5-7-14/h3-10H,11H2,1-2H3,(H,19,20,21,22). The number of nitrogens with zero attached hydrogens (tertiary/aromatic N) is 2. The molecule has 0 radical (unpaired) electrons. The molecule has 0 aliphatic carbocycles. The van der Waals surface area contributed by atoms with Crippen LogP contribution in [-0.2, 0) is 4.79 Å². The largest absolute Gasteiger partial charge is 0.484 e. The van der Waals surface area contributed by atoms with E-state index in [4.69, 9.17) is 4.74 Å². The molecule has 0 aliphatic heterocycles. The fraction of sp³-hybridized carbons (Fsp3) is 0.167. The van der Waals surface area contributed by atoms with Gasteiger partial charge in [0.25, 0.3) is 5.91 Å². The first-order valence-electron chi connectivity index (χ1n) is 7.51. The Balaban J connectivity index is 1.57. The van der Waals surface area contributed by atoms with Crippen molar-refractivity contribution in [1.29, 1.82) is 0 Å². The molecule has 0 unspecified atom stereocenters. The number of amides is 1.